The van der Waals surface area contributed by atoms with Gasteiger partial charge in [0.15, 0.2) is 0 Å². The lowest BCUT2D eigenvalue weighted by atomic mass is 10.1. The second-order valence-corrected chi connectivity index (χ2v) is 5.22. The summed E-state index contributed by atoms with van der Waals surface area (Å²) in [6.07, 6.45) is 10.4. The third kappa shape index (κ3) is 4.31. The third-order valence-corrected chi connectivity index (χ3v) is 3.53. The number of carbonyl (C=O) groups excluding carboxylic acids is 2. The van der Waals surface area contributed by atoms with Crippen molar-refractivity contribution < 1.29 is 9.59 Å². The highest BCUT2D eigenvalue weighted by Crippen LogP contribution is 2.04. The molecular weight excluding hydrogens is 280 g/mol. The second kappa shape index (κ2) is 8.17. The van der Waals surface area contributed by atoms with Crippen LogP contribution < -0.4 is 16.0 Å². The number of H-pyrrole nitrogens is 1. The Morgan fingerprint density at radius 3 is 3.09 bits per heavy atom. The van der Waals surface area contributed by atoms with Crippen LogP contribution in [-0.4, -0.2) is 46.8 Å². The number of carbonyl (C=O) groups is 2. The molecule has 0 aromatic carbocycles. The maximum atomic E-state index is 12.1. The van der Waals surface area contributed by atoms with Crippen LogP contribution in [0.1, 0.15) is 26.2 Å². The van der Waals surface area contributed by atoms with Crippen LogP contribution in [0.5, 0.6) is 0 Å². The summed E-state index contributed by atoms with van der Waals surface area (Å²) in [7, 11) is 0. The van der Waals surface area contributed by atoms with Gasteiger partial charge in [0.05, 0.1) is 17.0 Å². The highest BCUT2D eigenvalue weighted by molar-refractivity contribution is 5.95. The fourth-order valence-corrected chi connectivity index (χ4v) is 2.34. The predicted octanol–water partition coefficient (Wildman–Crippen LogP) is -0.324. The molecule has 22 heavy (non-hydrogen) atoms. The van der Waals surface area contributed by atoms with Gasteiger partial charge in [0.1, 0.15) is 0 Å². The van der Waals surface area contributed by atoms with Crippen molar-refractivity contribution in [2.45, 2.75) is 26.2 Å². The first-order valence-electron chi connectivity index (χ1n) is 7.62. The SMILES string of the molecule is CCCN(C=O)CCCNC(=O)C1=CC=c2[nH]cnc2=CC1. The summed E-state index contributed by atoms with van der Waals surface area (Å²) in [5.74, 6) is -0.0641. The maximum absolute atomic E-state index is 12.1. The van der Waals surface area contributed by atoms with E-state index in [0.717, 1.165) is 36.5 Å². The fraction of sp³-hybridized carbons (Fsp3) is 0.438. The van der Waals surface area contributed by atoms with E-state index in [4.69, 9.17) is 0 Å². The number of hydrogen-bond acceptors (Lipinski definition) is 3. The Balaban J connectivity index is 1.79. The van der Waals surface area contributed by atoms with Crippen molar-refractivity contribution in [2.75, 3.05) is 19.6 Å². The highest BCUT2D eigenvalue weighted by atomic mass is 16.1. The minimum Gasteiger partial charge on any atom is -0.352 e. The summed E-state index contributed by atoms with van der Waals surface area (Å²) in [5.41, 5.74) is 0.715. The summed E-state index contributed by atoms with van der Waals surface area (Å²) >= 11 is 0. The minimum absolute atomic E-state index is 0.0641. The minimum atomic E-state index is -0.0641. The number of amides is 2. The fourth-order valence-electron chi connectivity index (χ4n) is 2.34. The van der Waals surface area contributed by atoms with Crippen LogP contribution in [0.15, 0.2) is 18.0 Å². The van der Waals surface area contributed by atoms with E-state index in [1.165, 1.54) is 0 Å². The van der Waals surface area contributed by atoms with E-state index in [1.807, 2.05) is 25.2 Å². The lowest BCUT2D eigenvalue weighted by molar-refractivity contribution is -0.118. The smallest absolute Gasteiger partial charge is 0.247 e. The average molecular weight is 302 g/mol. The number of hydrogen-bond donors (Lipinski definition) is 2. The molecule has 0 saturated heterocycles. The molecule has 0 saturated carbocycles. The van der Waals surface area contributed by atoms with Crippen LogP contribution in [0.2, 0.25) is 0 Å². The number of aromatic nitrogens is 2. The summed E-state index contributed by atoms with van der Waals surface area (Å²) in [6.45, 7) is 4.03. The molecule has 1 heterocycles. The van der Waals surface area contributed by atoms with Gasteiger partial charge in [-0.15, -0.1) is 0 Å². The molecule has 0 atom stereocenters. The second-order valence-electron chi connectivity index (χ2n) is 5.22. The molecule has 2 N–H and O–H groups in total. The Hall–Kier alpha value is -2.37. The Morgan fingerprint density at radius 2 is 2.32 bits per heavy atom. The number of rotatable bonds is 8. The zero-order chi connectivity index (χ0) is 15.8. The number of nitrogens with one attached hydrogen (secondary N) is 2. The average Bonchev–Trinajstić information content (AvgIpc) is 2.88. The van der Waals surface area contributed by atoms with Gasteiger partial charge >= 0.3 is 0 Å². The van der Waals surface area contributed by atoms with E-state index in [9.17, 15) is 9.59 Å². The van der Waals surface area contributed by atoms with E-state index in [2.05, 4.69) is 15.3 Å². The van der Waals surface area contributed by atoms with Crippen LogP contribution in [0, 0.1) is 0 Å². The summed E-state index contributed by atoms with van der Waals surface area (Å²) in [5, 5.41) is 4.70. The predicted molar refractivity (Wildman–Crippen MR) is 85.0 cm³/mol. The summed E-state index contributed by atoms with van der Waals surface area (Å²) < 4.78 is 0. The van der Waals surface area contributed by atoms with Crippen molar-refractivity contribution in [2.24, 2.45) is 0 Å². The monoisotopic (exact) mass is 302 g/mol. The summed E-state index contributed by atoms with van der Waals surface area (Å²) in [6, 6.07) is 0. The first-order valence-corrected chi connectivity index (χ1v) is 7.62. The molecule has 0 fully saturated rings. The van der Waals surface area contributed by atoms with Crippen LogP contribution in [-0.2, 0) is 9.59 Å². The molecule has 6 heteroatoms. The first-order chi connectivity index (χ1) is 10.7. The molecule has 0 unspecified atom stereocenters. The number of imidazole rings is 1. The third-order valence-electron chi connectivity index (χ3n) is 3.53. The van der Waals surface area contributed by atoms with Crippen molar-refractivity contribution in [1.82, 2.24) is 20.2 Å². The molecule has 1 aliphatic carbocycles. The van der Waals surface area contributed by atoms with Gasteiger partial charge in [-0.25, -0.2) is 4.98 Å². The molecule has 2 amide bonds. The van der Waals surface area contributed by atoms with E-state index < -0.39 is 0 Å². The Morgan fingerprint density at radius 1 is 1.45 bits per heavy atom. The molecule has 0 radical (unpaired) electrons. The van der Waals surface area contributed by atoms with Gasteiger partial charge in [0, 0.05) is 25.2 Å². The molecule has 2 rings (SSSR count). The van der Waals surface area contributed by atoms with Gasteiger partial charge in [-0.2, -0.15) is 0 Å². The molecule has 0 aliphatic heterocycles. The molecule has 1 aromatic rings. The lowest BCUT2D eigenvalue weighted by Crippen LogP contribution is -2.30. The molecule has 1 aromatic heterocycles. The molecule has 0 bridgehead atoms. The number of allylic oxidation sites excluding steroid dienone is 1. The van der Waals surface area contributed by atoms with Gasteiger partial charge < -0.3 is 15.2 Å². The normalized spacial score (nSPS) is 13.0. The standard InChI is InChI=1S/C16H22N4O2/c1-2-9-20(12-21)10-3-8-17-16(22)13-4-6-14-15(7-5-13)19-11-18-14/h4,6-7,11-12H,2-3,5,8-10H2,1H3,(H,17,22)(H,18,19). The van der Waals surface area contributed by atoms with E-state index >= 15 is 0 Å². The zero-order valence-corrected chi connectivity index (χ0v) is 12.8. The first kappa shape index (κ1) is 16.0. The van der Waals surface area contributed by atoms with Crippen LogP contribution in [0.4, 0.5) is 0 Å². The van der Waals surface area contributed by atoms with Crippen LogP contribution >= 0.6 is 0 Å². The largest absolute Gasteiger partial charge is 0.352 e. The Bertz CT molecular complexity index is 660. The number of fused-ring (bicyclic) bond motifs is 1. The molecule has 118 valence electrons. The topological polar surface area (TPSA) is 78.1 Å². The highest BCUT2D eigenvalue weighted by Gasteiger charge is 2.09. The lowest BCUT2D eigenvalue weighted by Gasteiger charge is -2.16. The van der Waals surface area contributed by atoms with E-state index in [-0.39, 0.29) is 5.91 Å². The maximum Gasteiger partial charge on any atom is 0.247 e. The van der Waals surface area contributed by atoms with Crippen LogP contribution in [0.3, 0.4) is 0 Å². The van der Waals surface area contributed by atoms with Gasteiger partial charge in [-0.1, -0.05) is 19.1 Å². The number of aromatic amines is 1. The molecular formula is C16H22N4O2. The van der Waals surface area contributed by atoms with Crippen LogP contribution in [0.25, 0.3) is 12.2 Å². The Kier molecular flexibility index (Phi) is 5.94. The number of nitrogens with zero attached hydrogens (tertiary/aromatic N) is 2. The molecule has 1 aliphatic rings. The van der Waals surface area contributed by atoms with Crippen molar-refractivity contribution in [3.63, 3.8) is 0 Å². The van der Waals surface area contributed by atoms with E-state index in [1.54, 1.807) is 11.2 Å². The Labute approximate surface area is 129 Å². The van der Waals surface area contributed by atoms with Crippen molar-refractivity contribution in [1.29, 1.82) is 0 Å². The summed E-state index contributed by atoms with van der Waals surface area (Å²) in [4.78, 5) is 31.9. The van der Waals surface area contributed by atoms with E-state index in [0.29, 0.717) is 25.1 Å². The molecule has 6 nitrogen and oxygen atoms in total. The quantitative estimate of drug-likeness (QED) is 0.510. The van der Waals surface area contributed by atoms with Gasteiger partial charge in [-0.3, -0.25) is 9.59 Å². The van der Waals surface area contributed by atoms with Crippen molar-refractivity contribution >= 4 is 24.5 Å². The van der Waals surface area contributed by atoms with Gasteiger partial charge in [0.2, 0.25) is 12.3 Å². The van der Waals surface area contributed by atoms with Crippen molar-refractivity contribution in [3.05, 3.63) is 28.7 Å². The van der Waals surface area contributed by atoms with Gasteiger partial charge in [0.25, 0.3) is 0 Å². The molecule has 0 spiro atoms. The van der Waals surface area contributed by atoms with Gasteiger partial charge in [-0.05, 0) is 25.3 Å². The van der Waals surface area contributed by atoms with Crippen molar-refractivity contribution in [3.8, 4) is 0 Å². The zero-order valence-electron chi connectivity index (χ0n) is 12.8.